The Morgan fingerprint density at radius 1 is 1.47 bits per heavy atom. The van der Waals surface area contributed by atoms with Crippen LogP contribution >= 0.6 is 0 Å². The Kier molecular flexibility index (Phi) is 2.19. The van der Waals surface area contributed by atoms with Gasteiger partial charge in [0.15, 0.2) is 6.29 Å². The van der Waals surface area contributed by atoms with E-state index in [0.717, 1.165) is 23.3 Å². The SMILES string of the molecule is Cc1ccn2c(N(C)C)nc(C=O)c2c1. The number of hydrogen-bond acceptors (Lipinski definition) is 3. The van der Waals surface area contributed by atoms with Crippen molar-refractivity contribution in [2.45, 2.75) is 6.92 Å². The van der Waals surface area contributed by atoms with E-state index < -0.39 is 0 Å². The third-order valence-electron chi connectivity index (χ3n) is 2.32. The minimum Gasteiger partial charge on any atom is -0.348 e. The fourth-order valence-electron chi connectivity index (χ4n) is 1.60. The monoisotopic (exact) mass is 203 g/mol. The molecule has 2 heterocycles. The molecule has 0 aliphatic heterocycles. The summed E-state index contributed by atoms with van der Waals surface area (Å²) < 4.78 is 1.91. The van der Waals surface area contributed by atoms with Crippen LogP contribution in [0.15, 0.2) is 18.3 Å². The highest BCUT2D eigenvalue weighted by Gasteiger charge is 2.11. The average molecular weight is 203 g/mol. The lowest BCUT2D eigenvalue weighted by Gasteiger charge is -2.09. The number of pyridine rings is 1. The standard InChI is InChI=1S/C11H13N3O/c1-8-4-5-14-10(6-8)9(7-15)12-11(14)13(2)3/h4-7H,1-3H3. The first-order valence-electron chi connectivity index (χ1n) is 4.74. The van der Waals surface area contributed by atoms with Crippen molar-refractivity contribution in [1.29, 1.82) is 0 Å². The van der Waals surface area contributed by atoms with E-state index in [2.05, 4.69) is 4.98 Å². The van der Waals surface area contributed by atoms with Gasteiger partial charge in [0.05, 0.1) is 5.52 Å². The molecule has 0 aromatic carbocycles. The van der Waals surface area contributed by atoms with Crippen LogP contribution in [-0.4, -0.2) is 29.8 Å². The number of aryl methyl sites for hydroxylation is 1. The molecule has 0 aliphatic rings. The lowest BCUT2D eigenvalue weighted by molar-refractivity contribution is 0.112. The largest absolute Gasteiger partial charge is 0.348 e. The zero-order valence-electron chi connectivity index (χ0n) is 9.06. The maximum Gasteiger partial charge on any atom is 0.210 e. The maximum absolute atomic E-state index is 10.9. The van der Waals surface area contributed by atoms with Crippen LogP contribution < -0.4 is 4.90 Å². The first-order chi connectivity index (χ1) is 7.13. The molecule has 0 amide bonds. The van der Waals surface area contributed by atoms with Crippen molar-refractivity contribution in [3.05, 3.63) is 29.6 Å². The first-order valence-corrected chi connectivity index (χ1v) is 4.74. The molecule has 0 fully saturated rings. The summed E-state index contributed by atoms with van der Waals surface area (Å²) in [6.07, 6.45) is 2.72. The molecule has 15 heavy (non-hydrogen) atoms. The van der Waals surface area contributed by atoms with Gasteiger partial charge in [-0.1, -0.05) is 0 Å². The Morgan fingerprint density at radius 3 is 2.80 bits per heavy atom. The molecule has 0 bridgehead atoms. The Labute approximate surface area is 88.2 Å². The van der Waals surface area contributed by atoms with Gasteiger partial charge in [0, 0.05) is 20.3 Å². The molecule has 0 radical (unpaired) electrons. The van der Waals surface area contributed by atoms with Gasteiger partial charge in [-0.3, -0.25) is 9.20 Å². The van der Waals surface area contributed by atoms with Crippen LogP contribution in [0.2, 0.25) is 0 Å². The van der Waals surface area contributed by atoms with Crippen molar-refractivity contribution in [2.24, 2.45) is 0 Å². The molecule has 4 nitrogen and oxygen atoms in total. The summed E-state index contributed by atoms with van der Waals surface area (Å²) in [6.45, 7) is 2.00. The number of hydrogen-bond donors (Lipinski definition) is 0. The van der Waals surface area contributed by atoms with E-state index in [9.17, 15) is 4.79 Å². The van der Waals surface area contributed by atoms with Gasteiger partial charge >= 0.3 is 0 Å². The van der Waals surface area contributed by atoms with Crippen molar-refractivity contribution in [3.8, 4) is 0 Å². The Balaban J connectivity index is 2.80. The highest BCUT2D eigenvalue weighted by molar-refractivity contribution is 5.85. The summed E-state index contributed by atoms with van der Waals surface area (Å²) in [7, 11) is 3.81. The number of aromatic nitrogens is 2. The smallest absolute Gasteiger partial charge is 0.210 e. The maximum atomic E-state index is 10.9. The van der Waals surface area contributed by atoms with Crippen LogP contribution in [0, 0.1) is 6.92 Å². The van der Waals surface area contributed by atoms with Crippen molar-refractivity contribution >= 4 is 17.8 Å². The predicted molar refractivity (Wildman–Crippen MR) is 59.6 cm³/mol. The van der Waals surface area contributed by atoms with E-state index in [1.54, 1.807) is 0 Å². The van der Waals surface area contributed by atoms with E-state index in [0.29, 0.717) is 5.69 Å². The fourth-order valence-corrected chi connectivity index (χ4v) is 1.60. The quantitative estimate of drug-likeness (QED) is 0.694. The number of fused-ring (bicyclic) bond motifs is 1. The lowest BCUT2D eigenvalue weighted by Crippen LogP contribution is -2.12. The van der Waals surface area contributed by atoms with Crippen LogP contribution in [0.1, 0.15) is 16.1 Å². The molecule has 0 spiro atoms. The molecular weight excluding hydrogens is 190 g/mol. The zero-order chi connectivity index (χ0) is 11.0. The number of rotatable bonds is 2. The minimum absolute atomic E-state index is 0.488. The van der Waals surface area contributed by atoms with Gasteiger partial charge in [0.1, 0.15) is 5.69 Å². The first kappa shape index (κ1) is 9.71. The molecule has 0 aliphatic carbocycles. The number of aldehydes is 1. The highest BCUT2D eigenvalue weighted by Crippen LogP contribution is 2.18. The second-order valence-corrected chi connectivity index (χ2v) is 3.77. The van der Waals surface area contributed by atoms with Crippen LogP contribution in [0.25, 0.3) is 5.52 Å². The molecule has 0 unspecified atom stereocenters. The molecule has 78 valence electrons. The van der Waals surface area contributed by atoms with Gasteiger partial charge in [-0.15, -0.1) is 0 Å². The topological polar surface area (TPSA) is 37.6 Å². The third kappa shape index (κ3) is 1.48. The van der Waals surface area contributed by atoms with Crippen LogP contribution in [0.4, 0.5) is 5.95 Å². The summed E-state index contributed by atoms with van der Waals surface area (Å²) in [5, 5.41) is 0. The van der Waals surface area contributed by atoms with Crippen LogP contribution in [-0.2, 0) is 0 Å². The molecule has 0 atom stereocenters. The zero-order valence-corrected chi connectivity index (χ0v) is 9.06. The van der Waals surface area contributed by atoms with Crippen molar-refractivity contribution in [2.75, 3.05) is 19.0 Å². The molecule has 4 heteroatoms. The minimum atomic E-state index is 0.488. The Hall–Kier alpha value is -1.84. The summed E-state index contributed by atoms with van der Waals surface area (Å²) in [5.41, 5.74) is 2.46. The highest BCUT2D eigenvalue weighted by atomic mass is 16.1. The lowest BCUT2D eigenvalue weighted by atomic mass is 10.2. The van der Waals surface area contributed by atoms with E-state index in [4.69, 9.17) is 0 Å². The summed E-state index contributed by atoms with van der Waals surface area (Å²) >= 11 is 0. The van der Waals surface area contributed by atoms with Crippen molar-refractivity contribution in [3.63, 3.8) is 0 Å². The van der Waals surface area contributed by atoms with Gasteiger partial charge in [-0.05, 0) is 24.6 Å². The summed E-state index contributed by atoms with van der Waals surface area (Å²) in [6, 6.07) is 3.96. The number of carbonyl (C=O) groups is 1. The second-order valence-electron chi connectivity index (χ2n) is 3.77. The molecule has 0 N–H and O–H groups in total. The van der Waals surface area contributed by atoms with E-state index in [-0.39, 0.29) is 0 Å². The summed E-state index contributed by atoms with van der Waals surface area (Å²) in [4.78, 5) is 17.0. The number of anilines is 1. The average Bonchev–Trinajstić information content (AvgIpc) is 2.55. The second kappa shape index (κ2) is 3.38. The van der Waals surface area contributed by atoms with E-state index in [1.165, 1.54) is 0 Å². The van der Waals surface area contributed by atoms with Gasteiger partial charge < -0.3 is 4.90 Å². The van der Waals surface area contributed by atoms with Crippen LogP contribution in [0.5, 0.6) is 0 Å². The predicted octanol–water partition coefficient (Wildman–Crippen LogP) is 1.52. The Morgan fingerprint density at radius 2 is 2.20 bits per heavy atom. The molecule has 0 saturated carbocycles. The van der Waals surface area contributed by atoms with Crippen LogP contribution in [0.3, 0.4) is 0 Å². The van der Waals surface area contributed by atoms with Crippen molar-refractivity contribution in [1.82, 2.24) is 9.38 Å². The Bertz CT molecular complexity index is 514. The normalized spacial score (nSPS) is 10.6. The van der Waals surface area contributed by atoms with Gasteiger partial charge in [-0.2, -0.15) is 0 Å². The molecule has 0 saturated heterocycles. The number of carbonyl (C=O) groups excluding carboxylic acids is 1. The van der Waals surface area contributed by atoms with Crippen molar-refractivity contribution < 1.29 is 4.79 Å². The molecule has 2 aromatic rings. The van der Waals surface area contributed by atoms with Gasteiger partial charge in [-0.25, -0.2) is 4.98 Å². The summed E-state index contributed by atoms with van der Waals surface area (Å²) in [5.74, 6) is 0.770. The molecular formula is C11H13N3O. The number of imidazole rings is 1. The van der Waals surface area contributed by atoms with E-state index >= 15 is 0 Å². The third-order valence-corrected chi connectivity index (χ3v) is 2.32. The van der Waals surface area contributed by atoms with Gasteiger partial charge in [0.25, 0.3) is 0 Å². The molecule has 2 aromatic heterocycles. The van der Waals surface area contributed by atoms with E-state index in [1.807, 2.05) is 48.6 Å². The number of nitrogens with zero attached hydrogens (tertiary/aromatic N) is 3. The fraction of sp³-hybridized carbons (Fsp3) is 0.273. The van der Waals surface area contributed by atoms with Gasteiger partial charge in [0.2, 0.25) is 5.95 Å². The molecule has 2 rings (SSSR count).